The van der Waals surface area contributed by atoms with Crippen LogP contribution < -0.4 is 0 Å². The second kappa shape index (κ2) is 13.3. The number of imidazole rings is 2. The summed E-state index contributed by atoms with van der Waals surface area (Å²) >= 11 is 3.01. The van der Waals surface area contributed by atoms with E-state index >= 15 is 8.78 Å². The number of fused-ring (bicyclic) bond motifs is 6. The average molecular weight is 767 g/mol. The maximum atomic E-state index is 15.1. The second-order valence-corrected chi connectivity index (χ2v) is 14.9. The number of aromatic nitrogens is 6. The highest BCUT2D eigenvalue weighted by Gasteiger charge is 2.26. The van der Waals surface area contributed by atoms with E-state index in [1.54, 1.807) is 25.0 Å². The normalized spacial score (nSPS) is 12.6. The molecule has 6 heterocycles. The van der Waals surface area contributed by atoms with Crippen molar-refractivity contribution in [3.8, 4) is 45.8 Å². The van der Waals surface area contributed by atoms with Crippen LogP contribution >= 0.6 is 22.7 Å². The van der Waals surface area contributed by atoms with Gasteiger partial charge in [-0.1, -0.05) is 24.3 Å². The van der Waals surface area contributed by atoms with Crippen molar-refractivity contribution in [1.82, 2.24) is 29.1 Å². The monoisotopic (exact) mass is 766 g/mol. The molecular weight excluding hydrogens is 743 g/mol. The van der Waals surface area contributed by atoms with E-state index in [4.69, 9.17) is 0 Å². The van der Waals surface area contributed by atoms with Gasteiger partial charge in [-0.2, -0.15) is 33.2 Å². The van der Waals surface area contributed by atoms with E-state index < -0.39 is 11.8 Å². The summed E-state index contributed by atoms with van der Waals surface area (Å²) in [7, 11) is 0. The third-order valence-electron chi connectivity index (χ3n) is 10.3. The summed E-state index contributed by atoms with van der Waals surface area (Å²) in [6.45, 7) is 0. The van der Waals surface area contributed by atoms with Crippen molar-refractivity contribution in [2.24, 2.45) is 0 Å². The number of nitriles is 2. The number of thiophene rings is 2. The molecule has 266 valence electrons. The summed E-state index contributed by atoms with van der Waals surface area (Å²) in [4.78, 5) is 18.1. The van der Waals surface area contributed by atoms with Gasteiger partial charge in [0.1, 0.15) is 35.3 Å². The summed E-state index contributed by atoms with van der Waals surface area (Å²) in [5.74, 6) is -2.19. The van der Waals surface area contributed by atoms with Gasteiger partial charge in [0.15, 0.2) is 0 Å². The third-order valence-corrected chi connectivity index (χ3v) is 11.6. The quantitative estimate of drug-likeness (QED) is 0.160. The van der Waals surface area contributed by atoms with Crippen LogP contribution in [0.4, 0.5) is 8.78 Å². The Balaban J connectivity index is 0.971. The van der Waals surface area contributed by atoms with E-state index in [0.29, 0.717) is 44.3 Å². The molecule has 10 aromatic rings. The zero-order valence-corrected chi connectivity index (χ0v) is 30.6. The fourth-order valence-electron chi connectivity index (χ4n) is 7.47. The maximum absolute atomic E-state index is 15.1. The first-order valence-corrected chi connectivity index (χ1v) is 19.3. The lowest BCUT2D eigenvalue weighted by atomic mass is 9.83. The summed E-state index contributed by atoms with van der Waals surface area (Å²) in [5, 5.41) is 30.0. The number of halogens is 2. The van der Waals surface area contributed by atoms with Gasteiger partial charge in [0, 0.05) is 45.4 Å². The van der Waals surface area contributed by atoms with E-state index in [1.165, 1.54) is 34.8 Å². The van der Waals surface area contributed by atoms with E-state index in [-0.39, 0.29) is 11.6 Å². The van der Waals surface area contributed by atoms with Gasteiger partial charge in [0.2, 0.25) is 0 Å². The van der Waals surface area contributed by atoms with Crippen molar-refractivity contribution in [2.45, 2.75) is 11.8 Å². The van der Waals surface area contributed by atoms with E-state index in [2.05, 4.69) is 32.1 Å². The number of rotatable bonds is 7. The van der Waals surface area contributed by atoms with Gasteiger partial charge in [0.25, 0.3) is 0 Å². The van der Waals surface area contributed by atoms with Crippen LogP contribution in [-0.4, -0.2) is 29.1 Å². The van der Waals surface area contributed by atoms with Crippen LogP contribution in [0.2, 0.25) is 0 Å². The van der Waals surface area contributed by atoms with Crippen LogP contribution in [0, 0.1) is 34.3 Å². The lowest BCUT2D eigenvalue weighted by Gasteiger charge is -2.18. The van der Waals surface area contributed by atoms with Crippen LogP contribution in [-0.2, 0) is 0 Å². The van der Waals surface area contributed by atoms with E-state index in [1.807, 2.05) is 103 Å². The molecule has 12 heteroatoms. The topological polar surface area (TPSA) is 109 Å². The Hall–Kier alpha value is -7.12. The minimum absolute atomic E-state index is 0.342. The van der Waals surface area contributed by atoms with Crippen molar-refractivity contribution in [2.75, 3.05) is 0 Å². The summed E-state index contributed by atoms with van der Waals surface area (Å²) in [6, 6.07) is 30.1. The lowest BCUT2D eigenvalue weighted by molar-refractivity contribution is 0.632. The SMILES string of the molecule is N#CC(c1ccc(-n2cnc3cnc4cc(F)c(-c5ccsc5)cc4c32)cc1)C(C#N)c1ccc(-n2cnc3cnc4cc(F)c(-c5ccsc5)cc4c32)cc1. The van der Waals surface area contributed by atoms with Crippen molar-refractivity contribution >= 4 is 66.5 Å². The van der Waals surface area contributed by atoms with E-state index in [0.717, 1.165) is 44.3 Å². The van der Waals surface area contributed by atoms with Gasteiger partial charge in [0.05, 0.1) is 58.4 Å². The van der Waals surface area contributed by atoms with Gasteiger partial charge in [-0.05, 0) is 92.3 Å². The number of benzene rings is 4. The van der Waals surface area contributed by atoms with Crippen LogP contribution in [0.1, 0.15) is 23.0 Å². The highest BCUT2D eigenvalue weighted by atomic mass is 32.1. The van der Waals surface area contributed by atoms with Gasteiger partial charge in [-0.15, -0.1) is 0 Å². The average Bonchev–Trinajstić information content (AvgIpc) is 4.07. The Morgan fingerprint density at radius 1 is 0.536 bits per heavy atom. The molecule has 0 spiro atoms. The van der Waals surface area contributed by atoms with Gasteiger partial charge in [-0.25, -0.2) is 18.7 Å². The van der Waals surface area contributed by atoms with Crippen LogP contribution in [0.15, 0.2) is 131 Å². The standard InChI is InChI=1S/C44H24F2N8S2/c45-37-15-39-33(13-31(37)27-9-11-55-21-27)43-41(19-49-39)51-23-53(43)29-5-1-25(2-6-29)35(17-47)36(18-48)26-3-7-30(8-4-26)54-24-52-42-20-50-40-16-38(46)32(14-34(40)44(42)54)28-10-12-56-22-28/h1-16,19-24,35-36H. The molecule has 0 saturated heterocycles. The number of hydrogen-bond acceptors (Lipinski definition) is 8. The smallest absolute Gasteiger partial charge is 0.133 e. The Labute approximate surface area is 325 Å². The first-order valence-electron chi connectivity index (χ1n) is 17.4. The fourth-order valence-corrected chi connectivity index (χ4v) is 8.78. The molecule has 6 aromatic heterocycles. The molecule has 0 fully saturated rings. The summed E-state index contributed by atoms with van der Waals surface area (Å²) in [6.07, 6.45) is 6.69. The van der Waals surface area contributed by atoms with Crippen molar-refractivity contribution in [1.29, 1.82) is 10.5 Å². The molecule has 8 nitrogen and oxygen atoms in total. The van der Waals surface area contributed by atoms with Crippen LogP contribution in [0.25, 0.3) is 77.5 Å². The summed E-state index contributed by atoms with van der Waals surface area (Å²) < 4.78 is 34.1. The first kappa shape index (κ1) is 33.4. The lowest BCUT2D eigenvalue weighted by Crippen LogP contribution is -2.09. The Bertz CT molecular complexity index is 2970. The van der Waals surface area contributed by atoms with Crippen LogP contribution in [0.3, 0.4) is 0 Å². The molecule has 2 unspecified atom stereocenters. The number of pyridine rings is 2. The third kappa shape index (κ3) is 5.42. The molecule has 0 bridgehead atoms. The molecule has 0 aliphatic carbocycles. The largest absolute Gasteiger partial charge is 0.298 e. The van der Waals surface area contributed by atoms with Crippen molar-refractivity contribution in [3.63, 3.8) is 0 Å². The summed E-state index contributed by atoms with van der Waals surface area (Å²) in [5.41, 5.74) is 9.50. The second-order valence-electron chi connectivity index (χ2n) is 13.3. The molecule has 0 radical (unpaired) electrons. The molecule has 0 aliphatic heterocycles. The number of hydrogen-bond donors (Lipinski definition) is 0. The molecule has 0 aliphatic rings. The predicted molar refractivity (Wildman–Crippen MR) is 216 cm³/mol. The Morgan fingerprint density at radius 2 is 0.964 bits per heavy atom. The zero-order valence-electron chi connectivity index (χ0n) is 29.0. The predicted octanol–water partition coefficient (Wildman–Crippen LogP) is 11.1. The molecule has 4 aromatic carbocycles. The molecule has 56 heavy (non-hydrogen) atoms. The molecular formula is C44H24F2N8S2. The van der Waals surface area contributed by atoms with Crippen LogP contribution in [0.5, 0.6) is 0 Å². The molecule has 0 N–H and O–H groups in total. The first-order chi connectivity index (χ1) is 27.5. The van der Waals surface area contributed by atoms with E-state index in [9.17, 15) is 10.5 Å². The minimum Gasteiger partial charge on any atom is -0.298 e. The van der Waals surface area contributed by atoms with Crippen molar-refractivity contribution in [3.05, 3.63) is 154 Å². The number of nitrogens with zero attached hydrogens (tertiary/aromatic N) is 8. The molecule has 10 rings (SSSR count). The van der Waals surface area contributed by atoms with Gasteiger partial charge in [-0.3, -0.25) is 19.1 Å². The van der Waals surface area contributed by atoms with Crippen molar-refractivity contribution < 1.29 is 8.78 Å². The highest BCUT2D eigenvalue weighted by Crippen LogP contribution is 2.37. The van der Waals surface area contributed by atoms with Gasteiger partial charge >= 0.3 is 0 Å². The van der Waals surface area contributed by atoms with Gasteiger partial charge < -0.3 is 0 Å². The highest BCUT2D eigenvalue weighted by molar-refractivity contribution is 7.08. The molecule has 0 saturated carbocycles. The Kier molecular flexibility index (Phi) is 7.96. The maximum Gasteiger partial charge on any atom is 0.133 e. The minimum atomic E-state index is -0.755. The molecule has 0 amide bonds. The molecule has 2 atom stereocenters. The fraction of sp³-hybridized carbons (Fsp3) is 0.0455. The Morgan fingerprint density at radius 3 is 1.34 bits per heavy atom. The zero-order chi connectivity index (χ0) is 37.9.